The van der Waals surface area contributed by atoms with Gasteiger partial charge in [-0.2, -0.15) is 5.26 Å². The average Bonchev–Trinajstić information content (AvgIpc) is 3.11. The maximum absolute atomic E-state index is 13.0. The number of likely N-dealkylation sites (tertiary alicyclic amines) is 1. The number of aromatic nitrogens is 1. The van der Waals surface area contributed by atoms with Gasteiger partial charge < -0.3 is 14.6 Å². The standard InChI is InChI=1S/C25H27N3O2/c26-16-21-6-7-24-23(15-21)22(10-13-29)17-28(24)18-25(30)27-11-8-20(9-12-27)14-19-4-2-1-3-5-19/h1-7,15,17,20,29H,8-14,18H2. The molecule has 4 rings (SSSR count). The van der Waals surface area contributed by atoms with E-state index < -0.39 is 0 Å². The molecule has 1 N–H and O–H groups in total. The highest BCUT2D eigenvalue weighted by Gasteiger charge is 2.23. The number of rotatable bonds is 6. The van der Waals surface area contributed by atoms with E-state index in [4.69, 9.17) is 0 Å². The molecule has 0 bridgehead atoms. The van der Waals surface area contributed by atoms with E-state index in [0.717, 1.165) is 48.8 Å². The Bertz CT molecular complexity index is 1060. The molecule has 5 nitrogen and oxygen atoms in total. The normalized spacial score (nSPS) is 14.7. The molecule has 30 heavy (non-hydrogen) atoms. The molecule has 2 heterocycles. The van der Waals surface area contributed by atoms with Gasteiger partial charge in [-0.3, -0.25) is 4.79 Å². The summed E-state index contributed by atoms with van der Waals surface area (Å²) in [6, 6.07) is 18.2. The summed E-state index contributed by atoms with van der Waals surface area (Å²) < 4.78 is 1.96. The van der Waals surface area contributed by atoms with Crippen LogP contribution in [0.3, 0.4) is 0 Å². The number of carbonyl (C=O) groups is 1. The van der Waals surface area contributed by atoms with Gasteiger partial charge in [-0.1, -0.05) is 30.3 Å². The number of hydrogen-bond donors (Lipinski definition) is 1. The van der Waals surface area contributed by atoms with Crippen LogP contribution in [0.15, 0.2) is 54.7 Å². The van der Waals surface area contributed by atoms with Crippen molar-refractivity contribution < 1.29 is 9.90 Å². The Morgan fingerprint density at radius 1 is 1.13 bits per heavy atom. The van der Waals surface area contributed by atoms with Crippen molar-refractivity contribution in [3.05, 3.63) is 71.4 Å². The first-order chi connectivity index (χ1) is 14.7. The molecule has 0 atom stereocenters. The lowest BCUT2D eigenvalue weighted by atomic mass is 9.90. The quantitative estimate of drug-likeness (QED) is 0.687. The van der Waals surface area contributed by atoms with Gasteiger partial charge in [0.2, 0.25) is 5.91 Å². The third kappa shape index (κ3) is 4.39. The number of piperidine rings is 1. The number of carbonyl (C=O) groups excluding carboxylic acids is 1. The minimum absolute atomic E-state index is 0.0404. The van der Waals surface area contributed by atoms with E-state index in [1.165, 1.54) is 5.56 Å². The fourth-order valence-corrected chi connectivity index (χ4v) is 4.47. The van der Waals surface area contributed by atoms with Crippen molar-refractivity contribution in [1.82, 2.24) is 9.47 Å². The maximum atomic E-state index is 13.0. The molecule has 1 fully saturated rings. The summed E-state index contributed by atoms with van der Waals surface area (Å²) in [5.41, 5.74) is 3.87. The van der Waals surface area contributed by atoms with E-state index in [1.54, 1.807) is 6.07 Å². The van der Waals surface area contributed by atoms with Crippen LogP contribution in [0.2, 0.25) is 0 Å². The van der Waals surface area contributed by atoms with E-state index in [0.29, 0.717) is 17.9 Å². The van der Waals surface area contributed by atoms with E-state index in [-0.39, 0.29) is 19.1 Å². The number of aliphatic hydroxyl groups is 1. The van der Waals surface area contributed by atoms with Crippen molar-refractivity contribution in [1.29, 1.82) is 5.26 Å². The van der Waals surface area contributed by atoms with Gasteiger partial charge in [0.25, 0.3) is 0 Å². The van der Waals surface area contributed by atoms with Crippen LogP contribution in [-0.2, 0) is 24.2 Å². The van der Waals surface area contributed by atoms with Gasteiger partial charge in [-0.15, -0.1) is 0 Å². The molecule has 0 unspecified atom stereocenters. The van der Waals surface area contributed by atoms with Gasteiger partial charge in [0, 0.05) is 36.8 Å². The Labute approximate surface area is 177 Å². The van der Waals surface area contributed by atoms with E-state index in [2.05, 4.69) is 30.3 Å². The zero-order valence-corrected chi connectivity index (χ0v) is 17.1. The minimum Gasteiger partial charge on any atom is -0.396 e. The topological polar surface area (TPSA) is 69.3 Å². The first-order valence-electron chi connectivity index (χ1n) is 10.6. The van der Waals surface area contributed by atoms with Crippen molar-refractivity contribution in [3.63, 3.8) is 0 Å². The molecule has 3 aromatic rings. The molecule has 5 heteroatoms. The summed E-state index contributed by atoms with van der Waals surface area (Å²) in [5, 5.41) is 19.5. The van der Waals surface area contributed by atoms with Gasteiger partial charge in [0.15, 0.2) is 0 Å². The lowest BCUT2D eigenvalue weighted by molar-refractivity contribution is -0.133. The first-order valence-corrected chi connectivity index (χ1v) is 10.6. The number of aliphatic hydroxyl groups excluding tert-OH is 1. The minimum atomic E-state index is 0.0404. The molecule has 1 amide bonds. The molecular weight excluding hydrogens is 374 g/mol. The number of hydrogen-bond acceptors (Lipinski definition) is 3. The van der Waals surface area contributed by atoms with Crippen molar-refractivity contribution in [2.24, 2.45) is 5.92 Å². The van der Waals surface area contributed by atoms with Gasteiger partial charge in [-0.05, 0) is 60.9 Å². The number of fused-ring (bicyclic) bond motifs is 1. The van der Waals surface area contributed by atoms with Crippen LogP contribution in [0.5, 0.6) is 0 Å². The fourth-order valence-electron chi connectivity index (χ4n) is 4.47. The second-order valence-electron chi connectivity index (χ2n) is 8.11. The molecule has 0 aliphatic carbocycles. The van der Waals surface area contributed by atoms with Crippen molar-refractivity contribution in [2.45, 2.75) is 32.2 Å². The smallest absolute Gasteiger partial charge is 0.242 e. The predicted molar refractivity (Wildman–Crippen MR) is 117 cm³/mol. The van der Waals surface area contributed by atoms with E-state index in [9.17, 15) is 15.2 Å². The van der Waals surface area contributed by atoms with Crippen LogP contribution in [0.25, 0.3) is 10.9 Å². The van der Waals surface area contributed by atoms with Gasteiger partial charge in [0.1, 0.15) is 6.54 Å². The Balaban J connectivity index is 1.42. The zero-order valence-electron chi connectivity index (χ0n) is 17.1. The lowest BCUT2D eigenvalue weighted by Gasteiger charge is -2.32. The van der Waals surface area contributed by atoms with Crippen LogP contribution in [0, 0.1) is 17.2 Å². The highest BCUT2D eigenvalue weighted by Crippen LogP contribution is 2.25. The van der Waals surface area contributed by atoms with Gasteiger partial charge >= 0.3 is 0 Å². The lowest BCUT2D eigenvalue weighted by Crippen LogP contribution is -2.40. The Morgan fingerprint density at radius 3 is 2.60 bits per heavy atom. The Morgan fingerprint density at radius 2 is 1.90 bits per heavy atom. The third-order valence-corrected chi connectivity index (χ3v) is 6.11. The Hall–Kier alpha value is -3.10. The summed E-state index contributed by atoms with van der Waals surface area (Å²) >= 11 is 0. The summed E-state index contributed by atoms with van der Waals surface area (Å²) in [6.45, 7) is 1.94. The molecule has 1 saturated heterocycles. The summed E-state index contributed by atoms with van der Waals surface area (Å²) in [7, 11) is 0. The fraction of sp³-hybridized carbons (Fsp3) is 0.360. The van der Waals surface area contributed by atoms with Gasteiger partial charge in [0.05, 0.1) is 11.6 Å². The summed E-state index contributed by atoms with van der Waals surface area (Å²) in [5.74, 6) is 0.759. The number of amides is 1. The van der Waals surface area contributed by atoms with Crippen LogP contribution in [-0.4, -0.2) is 40.2 Å². The van der Waals surface area contributed by atoms with Crippen molar-refractivity contribution in [3.8, 4) is 6.07 Å². The molecule has 0 saturated carbocycles. The number of benzene rings is 2. The van der Waals surface area contributed by atoms with Crippen LogP contribution < -0.4 is 0 Å². The van der Waals surface area contributed by atoms with E-state index in [1.807, 2.05) is 33.9 Å². The molecule has 0 radical (unpaired) electrons. The zero-order chi connectivity index (χ0) is 20.9. The molecule has 154 valence electrons. The van der Waals surface area contributed by atoms with Gasteiger partial charge in [-0.25, -0.2) is 0 Å². The second-order valence-corrected chi connectivity index (χ2v) is 8.11. The van der Waals surface area contributed by atoms with E-state index >= 15 is 0 Å². The Kier molecular flexibility index (Phi) is 6.15. The molecule has 1 aliphatic heterocycles. The molecule has 1 aliphatic rings. The molecule has 2 aromatic carbocycles. The molecule has 0 spiro atoms. The third-order valence-electron chi connectivity index (χ3n) is 6.11. The monoisotopic (exact) mass is 401 g/mol. The second kappa shape index (κ2) is 9.15. The number of nitrogens with zero attached hydrogens (tertiary/aromatic N) is 3. The number of nitriles is 1. The van der Waals surface area contributed by atoms with Crippen LogP contribution in [0.4, 0.5) is 0 Å². The highest BCUT2D eigenvalue weighted by molar-refractivity contribution is 5.87. The highest BCUT2D eigenvalue weighted by atomic mass is 16.3. The van der Waals surface area contributed by atoms with Crippen molar-refractivity contribution in [2.75, 3.05) is 19.7 Å². The molecule has 1 aromatic heterocycles. The largest absolute Gasteiger partial charge is 0.396 e. The SMILES string of the molecule is N#Cc1ccc2c(c1)c(CCO)cn2CC(=O)N1CCC(Cc2ccccc2)CC1. The van der Waals surface area contributed by atoms with Crippen molar-refractivity contribution >= 4 is 16.8 Å². The maximum Gasteiger partial charge on any atom is 0.242 e. The van der Waals surface area contributed by atoms with Crippen LogP contribution >= 0.6 is 0 Å². The predicted octanol–water partition coefficient (Wildman–Crippen LogP) is 3.53. The summed E-state index contributed by atoms with van der Waals surface area (Å²) in [6.07, 6.45) is 5.61. The first kappa shape index (κ1) is 20.2. The summed E-state index contributed by atoms with van der Waals surface area (Å²) in [4.78, 5) is 14.9. The van der Waals surface area contributed by atoms with Crippen LogP contribution in [0.1, 0.15) is 29.5 Å². The average molecular weight is 402 g/mol. The molecular formula is C25H27N3O2.